The molecule has 0 saturated carbocycles. The maximum atomic E-state index is 11.5. The highest BCUT2D eigenvalue weighted by atomic mass is 16.4. The van der Waals surface area contributed by atoms with Crippen molar-refractivity contribution in [2.75, 3.05) is 11.9 Å². The second-order valence-electron chi connectivity index (χ2n) is 4.45. The van der Waals surface area contributed by atoms with Gasteiger partial charge in [-0.3, -0.25) is 4.98 Å². The minimum atomic E-state index is -0.508. The number of hydrogen-bond donors (Lipinski definition) is 3. The van der Waals surface area contributed by atoms with Gasteiger partial charge in [0.25, 0.3) is 0 Å². The van der Waals surface area contributed by atoms with Crippen molar-refractivity contribution in [3.63, 3.8) is 0 Å². The fourth-order valence-electron chi connectivity index (χ4n) is 1.50. The molecule has 3 N–H and O–H groups in total. The van der Waals surface area contributed by atoms with Crippen molar-refractivity contribution in [1.82, 2.24) is 10.3 Å². The molecule has 1 aromatic heterocycles. The summed E-state index contributed by atoms with van der Waals surface area (Å²) in [4.78, 5) is 25.0. The third kappa shape index (κ3) is 2.91. The quantitative estimate of drug-likeness (QED) is 0.776. The first-order chi connectivity index (χ1) is 8.54. The number of carbonyl (C=O) groups excluding carboxylic acids is 1. The molecule has 2 amide bonds. The smallest absolute Gasteiger partial charge is 0.408 e. The van der Waals surface area contributed by atoms with E-state index in [4.69, 9.17) is 4.42 Å². The number of anilines is 1. The van der Waals surface area contributed by atoms with Gasteiger partial charge in [0, 0.05) is 12.2 Å². The van der Waals surface area contributed by atoms with Crippen LogP contribution >= 0.6 is 0 Å². The summed E-state index contributed by atoms with van der Waals surface area (Å²) >= 11 is 0. The van der Waals surface area contributed by atoms with Crippen LogP contribution in [0, 0.1) is 5.92 Å². The molecular formula is C12H15N3O3. The molecule has 1 heterocycles. The van der Waals surface area contributed by atoms with Gasteiger partial charge < -0.3 is 15.1 Å². The average molecular weight is 249 g/mol. The number of rotatable bonds is 3. The molecule has 0 spiro atoms. The van der Waals surface area contributed by atoms with Gasteiger partial charge in [-0.15, -0.1) is 0 Å². The van der Waals surface area contributed by atoms with Crippen molar-refractivity contribution in [3.05, 3.63) is 28.7 Å². The van der Waals surface area contributed by atoms with E-state index < -0.39 is 5.76 Å². The van der Waals surface area contributed by atoms with Crippen LogP contribution in [0.3, 0.4) is 0 Å². The lowest BCUT2D eigenvalue weighted by Gasteiger charge is -2.09. The van der Waals surface area contributed by atoms with Crippen LogP contribution in [0.25, 0.3) is 11.1 Å². The summed E-state index contributed by atoms with van der Waals surface area (Å²) in [6.45, 7) is 4.64. The highest BCUT2D eigenvalue weighted by molar-refractivity contribution is 5.91. The molecule has 0 aliphatic rings. The molecule has 0 atom stereocenters. The zero-order valence-corrected chi connectivity index (χ0v) is 10.2. The summed E-state index contributed by atoms with van der Waals surface area (Å²) in [5.74, 6) is -0.116. The summed E-state index contributed by atoms with van der Waals surface area (Å²) in [5, 5.41) is 5.42. The van der Waals surface area contributed by atoms with Crippen molar-refractivity contribution < 1.29 is 9.21 Å². The maximum Gasteiger partial charge on any atom is 0.417 e. The fraction of sp³-hybridized carbons (Fsp3) is 0.333. The molecule has 0 aliphatic heterocycles. The van der Waals surface area contributed by atoms with Gasteiger partial charge in [0.15, 0.2) is 5.58 Å². The molecule has 2 aromatic rings. The van der Waals surface area contributed by atoms with E-state index in [0.29, 0.717) is 29.2 Å². The lowest BCUT2D eigenvalue weighted by molar-refractivity contribution is 0.251. The first-order valence-corrected chi connectivity index (χ1v) is 5.72. The summed E-state index contributed by atoms with van der Waals surface area (Å²) in [5.41, 5.74) is 1.62. The van der Waals surface area contributed by atoms with E-state index in [1.54, 1.807) is 18.2 Å². The van der Waals surface area contributed by atoms with Gasteiger partial charge in [-0.1, -0.05) is 13.8 Å². The Balaban J connectivity index is 2.07. The van der Waals surface area contributed by atoms with Crippen molar-refractivity contribution in [1.29, 1.82) is 0 Å². The lowest BCUT2D eigenvalue weighted by atomic mass is 10.2. The Morgan fingerprint density at radius 2 is 2.22 bits per heavy atom. The molecule has 1 aromatic carbocycles. The van der Waals surface area contributed by atoms with E-state index in [1.807, 2.05) is 13.8 Å². The molecule has 0 aliphatic carbocycles. The summed E-state index contributed by atoms with van der Waals surface area (Å²) < 4.78 is 4.87. The van der Waals surface area contributed by atoms with Crippen LogP contribution < -0.4 is 16.4 Å². The van der Waals surface area contributed by atoms with Gasteiger partial charge in [0.05, 0.1) is 5.52 Å². The number of hydrogen-bond acceptors (Lipinski definition) is 3. The Kier molecular flexibility index (Phi) is 3.36. The number of benzene rings is 1. The van der Waals surface area contributed by atoms with Crippen LogP contribution in [0.15, 0.2) is 27.4 Å². The molecule has 2 rings (SSSR count). The molecule has 96 valence electrons. The van der Waals surface area contributed by atoms with Gasteiger partial charge in [0.1, 0.15) is 0 Å². The Labute approximate surface area is 103 Å². The van der Waals surface area contributed by atoms with Crippen LogP contribution in [0.1, 0.15) is 13.8 Å². The number of carbonyl (C=O) groups is 1. The van der Waals surface area contributed by atoms with E-state index >= 15 is 0 Å². The third-order valence-electron chi connectivity index (χ3n) is 2.35. The second-order valence-corrected chi connectivity index (χ2v) is 4.45. The van der Waals surface area contributed by atoms with Crippen molar-refractivity contribution >= 4 is 22.8 Å². The van der Waals surface area contributed by atoms with Crippen molar-refractivity contribution in [2.45, 2.75) is 13.8 Å². The van der Waals surface area contributed by atoms with Crippen LogP contribution in [0.4, 0.5) is 10.5 Å². The predicted molar refractivity (Wildman–Crippen MR) is 68.7 cm³/mol. The number of aromatic nitrogens is 1. The SMILES string of the molecule is CC(C)CNC(=O)Nc1ccc2oc(=O)[nH]c2c1. The largest absolute Gasteiger partial charge is 0.417 e. The molecule has 0 fully saturated rings. The molecule has 0 unspecified atom stereocenters. The number of urea groups is 1. The van der Waals surface area contributed by atoms with Crippen LogP contribution in [0.2, 0.25) is 0 Å². The van der Waals surface area contributed by atoms with Gasteiger partial charge in [-0.2, -0.15) is 0 Å². The van der Waals surface area contributed by atoms with E-state index in [9.17, 15) is 9.59 Å². The monoisotopic (exact) mass is 249 g/mol. The van der Waals surface area contributed by atoms with E-state index in [-0.39, 0.29) is 6.03 Å². The second kappa shape index (κ2) is 4.95. The first kappa shape index (κ1) is 12.2. The van der Waals surface area contributed by atoms with Gasteiger partial charge in [0.2, 0.25) is 0 Å². The highest BCUT2D eigenvalue weighted by Gasteiger charge is 2.05. The molecule has 0 saturated heterocycles. The number of fused-ring (bicyclic) bond motifs is 1. The van der Waals surface area contributed by atoms with E-state index in [0.717, 1.165) is 0 Å². The highest BCUT2D eigenvalue weighted by Crippen LogP contribution is 2.15. The zero-order valence-electron chi connectivity index (χ0n) is 10.2. The molecule has 6 nitrogen and oxygen atoms in total. The zero-order chi connectivity index (χ0) is 13.1. The molecular weight excluding hydrogens is 234 g/mol. The molecule has 0 radical (unpaired) electrons. The number of nitrogens with one attached hydrogen (secondary N) is 3. The lowest BCUT2D eigenvalue weighted by Crippen LogP contribution is -2.31. The summed E-state index contributed by atoms with van der Waals surface area (Å²) in [6, 6.07) is 4.68. The van der Waals surface area contributed by atoms with Crippen molar-refractivity contribution in [2.24, 2.45) is 5.92 Å². The summed E-state index contributed by atoms with van der Waals surface area (Å²) in [6.07, 6.45) is 0. The topological polar surface area (TPSA) is 87.1 Å². The van der Waals surface area contributed by atoms with Gasteiger partial charge in [-0.05, 0) is 24.1 Å². The fourth-order valence-corrected chi connectivity index (χ4v) is 1.50. The normalized spacial score (nSPS) is 10.8. The minimum absolute atomic E-state index is 0.270. The number of H-pyrrole nitrogens is 1. The third-order valence-corrected chi connectivity index (χ3v) is 2.35. The van der Waals surface area contributed by atoms with Crippen LogP contribution in [0.5, 0.6) is 0 Å². The minimum Gasteiger partial charge on any atom is -0.408 e. The summed E-state index contributed by atoms with van der Waals surface area (Å²) in [7, 11) is 0. The van der Waals surface area contributed by atoms with E-state index in [1.165, 1.54) is 0 Å². The first-order valence-electron chi connectivity index (χ1n) is 5.72. The Bertz CT molecular complexity index is 612. The maximum absolute atomic E-state index is 11.5. The molecule has 6 heteroatoms. The van der Waals surface area contributed by atoms with E-state index in [2.05, 4.69) is 15.6 Å². The number of aromatic amines is 1. The standard InChI is InChI=1S/C12H15N3O3/c1-7(2)6-13-11(16)14-8-3-4-10-9(5-8)15-12(17)18-10/h3-5,7H,6H2,1-2H3,(H,15,17)(H2,13,14,16). The Morgan fingerprint density at radius 1 is 1.44 bits per heavy atom. The Hall–Kier alpha value is -2.24. The Morgan fingerprint density at radius 3 is 2.94 bits per heavy atom. The van der Waals surface area contributed by atoms with Crippen molar-refractivity contribution in [3.8, 4) is 0 Å². The van der Waals surface area contributed by atoms with Crippen LogP contribution in [-0.2, 0) is 0 Å². The average Bonchev–Trinajstić information content (AvgIpc) is 2.66. The van der Waals surface area contributed by atoms with Gasteiger partial charge >= 0.3 is 11.8 Å². The molecule has 0 bridgehead atoms. The molecule has 18 heavy (non-hydrogen) atoms. The van der Waals surface area contributed by atoms with Crippen LogP contribution in [-0.4, -0.2) is 17.6 Å². The predicted octanol–water partition coefficient (Wildman–Crippen LogP) is 1.90. The number of oxazole rings is 1. The number of amides is 2. The van der Waals surface area contributed by atoms with Gasteiger partial charge in [-0.25, -0.2) is 9.59 Å².